The molecule has 0 saturated carbocycles. The van der Waals surface area contributed by atoms with Crippen LogP contribution in [0, 0.1) is 5.92 Å². The largest absolute Gasteiger partial charge is 0.508 e. The first-order valence-electron chi connectivity index (χ1n) is 6.29. The van der Waals surface area contributed by atoms with Gasteiger partial charge in [-0.1, -0.05) is 31.2 Å². The zero-order chi connectivity index (χ0) is 13.5. The van der Waals surface area contributed by atoms with Gasteiger partial charge in [-0.3, -0.25) is 0 Å². The molecular formula is C16H23NO. The number of benzene rings is 1. The van der Waals surface area contributed by atoms with Gasteiger partial charge in [0.25, 0.3) is 0 Å². The molecule has 0 aromatic heterocycles. The quantitative estimate of drug-likeness (QED) is 0.775. The second-order valence-electron chi connectivity index (χ2n) is 4.90. The third-order valence-corrected chi connectivity index (χ3v) is 2.85. The summed E-state index contributed by atoms with van der Waals surface area (Å²) in [5.74, 6) is 0.732. The van der Waals surface area contributed by atoms with Crippen molar-refractivity contribution in [2.75, 3.05) is 20.6 Å². The van der Waals surface area contributed by atoms with Gasteiger partial charge in [0, 0.05) is 6.54 Å². The fraction of sp³-hybridized carbons (Fsp3) is 0.375. The maximum Gasteiger partial charge on any atom is 0.116 e. The van der Waals surface area contributed by atoms with Gasteiger partial charge in [-0.25, -0.2) is 0 Å². The van der Waals surface area contributed by atoms with Crippen LogP contribution in [0.25, 0.3) is 5.57 Å². The summed E-state index contributed by atoms with van der Waals surface area (Å²) in [4.78, 5) is 2.18. The van der Waals surface area contributed by atoms with Gasteiger partial charge in [0.1, 0.15) is 5.75 Å². The Morgan fingerprint density at radius 2 is 2.17 bits per heavy atom. The third-order valence-electron chi connectivity index (χ3n) is 2.85. The van der Waals surface area contributed by atoms with Crippen LogP contribution in [0.3, 0.4) is 0 Å². The minimum atomic E-state index is 0.314. The lowest BCUT2D eigenvalue weighted by Crippen LogP contribution is -2.20. The number of phenols is 1. The molecule has 2 heteroatoms. The fourth-order valence-electron chi connectivity index (χ4n) is 2.15. The highest BCUT2D eigenvalue weighted by atomic mass is 16.3. The monoisotopic (exact) mass is 245 g/mol. The van der Waals surface area contributed by atoms with Crippen LogP contribution in [0.15, 0.2) is 43.0 Å². The molecule has 0 unspecified atom stereocenters. The molecule has 0 spiro atoms. The highest BCUT2D eigenvalue weighted by Crippen LogP contribution is 2.27. The van der Waals surface area contributed by atoms with Crippen molar-refractivity contribution in [3.05, 3.63) is 48.6 Å². The van der Waals surface area contributed by atoms with Crippen LogP contribution < -0.4 is 0 Å². The number of nitrogens with zero attached hydrogens (tertiary/aromatic N) is 1. The molecule has 0 heterocycles. The molecule has 2 nitrogen and oxygen atoms in total. The molecule has 0 radical (unpaired) electrons. The minimum absolute atomic E-state index is 0.314. The average Bonchev–Trinajstić information content (AvgIpc) is 2.28. The third kappa shape index (κ3) is 4.38. The summed E-state index contributed by atoms with van der Waals surface area (Å²) in [5, 5.41) is 9.59. The summed E-state index contributed by atoms with van der Waals surface area (Å²) in [6, 6.07) is 7.45. The average molecular weight is 245 g/mol. The first-order valence-corrected chi connectivity index (χ1v) is 6.29. The standard InChI is InChI=1S/C16H23NO/c1-5-6-10-16(13(2)12-17(3)4)14-8-7-9-15(18)11-14/h5,7-11,13,18H,1,6,12H2,2-4H3/b16-10-/t13-/m0/s1. The number of phenolic OH excluding ortho intramolecular Hbond substituents is 1. The summed E-state index contributed by atoms with van der Waals surface area (Å²) in [6.45, 7) is 6.95. The molecule has 98 valence electrons. The van der Waals surface area contributed by atoms with E-state index in [1.807, 2.05) is 24.3 Å². The van der Waals surface area contributed by atoms with Crippen molar-refractivity contribution in [3.63, 3.8) is 0 Å². The van der Waals surface area contributed by atoms with E-state index in [9.17, 15) is 5.11 Å². The van der Waals surface area contributed by atoms with E-state index in [4.69, 9.17) is 0 Å². The molecule has 0 aliphatic heterocycles. The van der Waals surface area contributed by atoms with E-state index >= 15 is 0 Å². The Morgan fingerprint density at radius 3 is 2.72 bits per heavy atom. The molecule has 1 rings (SSSR count). The summed E-state index contributed by atoms with van der Waals surface area (Å²) in [6.07, 6.45) is 4.93. The van der Waals surface area contributed by atoms with Crippen LogP contribution in [0.5, 0.6) is 5.75 Å². The van der Waals surface area contributed by atoms with Crippen LogP contribution in [0.4, 0.5) is 0 Å². The van der Waals surface area contributed by atoms with Crippen molar-refractivity contribution in [3.8, 4) is 5.75 Å². The minimum Gasteiger partial charge on any atom is -0.508 e. The molecule has 0 bridgehead atoms. The van der Waals surface area contributed by atoms with E-state index in [0.717, 1.165) is 18.5 Å². The van der Waals surface area contributed by atoms with Crippen LogP contribution in [-0.2, 0) is 0 Å². The van der Waals surface area contributed by atoms with Gasteiger partial charge in [0.2, 0.25) is 0 Å². The number of rotatable bonds is 6. The maximum absolute atomic E-state index is 9.59. The number of hydrogen-bond donors (Lipinski definition) is 1. The highest BCUT2D eigenvalue weighted by Gasteiger charge is 2.12. The Kier molecular flexibility index (Phi) is 5.66. The van der Waals surface area contributed by atoms with Crippen molar-refractivity contribution < 1.29 is 5.11 Å². The maximum atomic E-state index is 9.59. The predicted octanol–water partition coefficient (Wildman–Crippen LogP) is 3.55. The first-order chi connectivity index (χ1) is 8.54. The SMILES string of the molecule is C=CC/C=C(\c1cccc(O)c1)[C@@H](C)CN(C)C. The van der Waals surface area contributed by atoms with Gasteiger partial charge in [-0.05, 0) is 49.7 Å². The van der Waals surface area contributed by atoms with Gasteiger partial charge < -0.3 is 10.0 Å². The summed E-state index contributed by atoms with van der Waals surface area (Å²) in [7, 11) is 4.15. The zero-order valence-corrected chi connectivity index (χ0v) is 11.6. The van der Waals surface area contributed by atoms with Gasteiger partial charge in [-0.15, -0.1) is 6.58 Å². The molecule has 0 amide bonds. The Labute approximate surface area is 110 Å². The molecule has 0 saturated heterocycles. The molecule has 0 aliphatic rings. The Morgan fingerprint density at radius 1 is 1.44 bits per heavy atom. The van der Waals surface area contributed by atoms with Crippen molar-refractivity contribution in [2.45, 2.75) is 13.3 Å². The molecule has 1 N–H and O–H groups in total. The van der Waals surface area contributed by atoms with Gasteiger partial charge in [0.15, 0.2) is 0 Å². The smallest absolute Gasteiger partial charge is 0.116 e. The second-order valence-corrected chi connectivity index (χ2v) is 4.90. The summed E-state index contributed by atoms with van der Waals surface area (Å²) >= 11 is 0. The van der Waals surface area contributed by atoms with Crippen molar-refractivity contribution in [1.82, 2.24) is 4.90 Å². The number of allylic oxidation sites excluding steroid dienone is 2. The van der Waals surface area contributed by atoms with E-state index in [0.29, 0.717) is 11.7 Å². The van der Waals surface area contributed by atoms with E-state index in [1.54, 1.807) is 6.07 Å². The lowest BCUT2D eigenvalue weighted by atomic mass is 9.92. The second kappa shape index (κ2) is 7.02. The van der Waals surface area contributed by atoms with Crippen molar-refractivity contribution in [1.29, 1.82) is 0 Å². The van der Waals surface area contributed by atoms with E-state index < -0.39 is 0 Å². The van der Waals surface area contributed by atoms with Crippen molar-refractivity contribution in [2.24, 2.45) is 5.92 Å². The van der Waals surface area contributed by atoms with Gasteiger partial charge in [-0.2, -0.15) is 0 Å². The summed E-state index contributed by atoms with van der Waals surface area (Å²) in [5.41, 5.74) is 2.35. The number of hydrogen-bond acceptors (Lipinski definition) is 2. The van der Waals surface area contributed by atoms with Gasteiger partial charge >= 0.3 is 0 Å². The Hall–Kier alpha value is -1.54. The Balaban J connectivity index is 3.01. The molecule has 18 heavy (non-hydrogen) atoms. The van der Waals surface area contributed by atoms with Crippen molar-refractivity contribution >= 4 is 5.57 Å². The molecule has 0 fully saturated rings. The lowest BCUT2D eigenvalue weighted by Gasteiger charge is -2.20. The highest BCUT2D eigenvalue weighted by molar-refractivity contribution is 5.68. The molecule has 1 aromatic rings. The molecule has 1 atom stereocenters. The van der Waals surface area contributed by atoms with E-state index in [-0.39, 0.29) is 0 Å². The molecular weight excluding hydrogens is 222 g/mol. The fourth-order valence-corrected chi connectivity index (χ4v) is 2.15. The number of aromatic hydroxyl groups is 1. The van der Waals surface area contributed by atoms with Crippen LogP contribution in [-0.4, -0.2) is 30.6 Å². The normalized spacial score (nSPS) is 13.7. The van der Waals surface area contributed by atoms with E-state index in [2.05, 4.69) is 38.6 Å². The topological polar surface area (TPSA) is 23.5 Å². The first kappa shape index (κ1) is 14.5. The summed E-state index contributed by atoms with van der Waals surface area (Å²) < 4.78 is 0. The zero-order valence-electron chi connectivity index (χ0n) is 11.6. The van der Waals surface area contributed by atoms with Crippen LogP contribution in [0.1, 0.15) is 18.9 Å². The molecule has 0 aliphatic carbocycles. The van der Waals surface area contributed by atoms with Crippen LogP contribution >= 0.6 is 0 Å². The lowest BCUT2D eigenvalue weighted by molar-refractivity contribution is 0.375. The van der Waals surface area contributed by atoms with Crippen LogP contribution in [0.2, 0.25) is 0 Å². The predicted molar refractivity (Wildman–Crippen MR) is 78.6 cm³/mol. The van der Waals surface area contributed by atoms with E-state index in [1.165, 1.54) is 5.57 Å². The van der Waals surface area contributed by atoms with Gasteiger partial charge in [0.05, 0.1) is 0 Å². The molecule has 1 aromatic carbocycles. The Bertz CT molecular complexity index is 421.